The highest BCUT2D eigenvalue weighted by atomic mass is 35.5. The number of anilines is 2. The lowest BCUT2D eigenvalue weighted by molar-refractivity contribution is 0.260. The molecule has 3 heterocycles. The molecule has 1 fully saturated rings. The Labute approximate surface area is 244 Å². The third-order valence-corrected chi connectivity index (χ3v) is 7.65. The number of benzene rings is 2. The largest absolute Gasteiger partial charge is 0.377 e. The Kier molecular flexibility index (Phi) is 7.01. The number of hydrogen-bond acceptors (Lipinski definition) is 8. The van der Waals surface area contributed by atoms with Gasteiger partial charge in [-0.15, -0.1) is 5.53 Å². The number of pyridine rings is 2. The van der Waals surface area contributed by atoms with Gasteiger partial charge in [0.05, 0.1) is 47.1 Å². The van der Waals surface area contributed by atoms with Crippen molar-refractivity contribution in [2.75, 3.05) is 10.6 Å². The summed E-state index contributed by atoms with van der Waals surface area (Å²) in [6, 6.07) is 15.7. The highest BCUT2D eigenvalue weighted by molar-refractivity contribution is 6.35. The fourth-order valence-electron chi connectivity index (χ4n) is 5.04. The van der Waals surface area contributed by atoms with Crippen LogP contribution in [0.5, 0.6) is 0 Å². The summed E-state index contributed by atoms with van der Waals surface area (Å²) in [5.74, 6) is -0.544. The molecule has 2 aromatic carbocycles. The zero-order valence-electron chi connectivity index (χ0n) is 23.7. The molecule has 0 bridgehead atoms. The molecule has 10 heteroatoms. The molecule has 0 saturated heterocycles. The molecule has 0 amide bonds. The Morgan fingerprint density at radius 1 is 1.20 bits per heavy atom. The number of nitriles is 1. The molecule has 8 nitrogen and oxygen atoms in total. The lowest BCUT2D eigenvalue weighted by Gasteiger charge is -2.24. The molecule has 1 aliphatic carbocycles. The Hall–Kier alpha value is -4.39. The summed E-state index contributed by atoms with van der Waals surface area (Å²) in [5.41, 5.74) is 10.6. The fourth-order valence-corrected chi connectivity index (χ4v) is 5.31. The van der Waals surface area contributed by atoms with Crippen molar-refractivity contribution in [3.63, 3.8) is 0 Å². The Morgan fingerprint density at radius 3 is 2.73 bits per heavy atom. The van der Waals surface area contributed by atoms with E-state index in [1.54, 1.807) is 13.0 Å². The van der Waals surface area contributed by atoms with Crippen LogP contribution in [-0.2, 0) is 0 Å². The van der Waals surface area contributed by atoms with Crippen LogP contribution in [0.25, 0.3) is 10.9 Å². The first-order valence-electron chi connectivity index (χ1n) is 14.1. The second-order valence-corrected chi connectivity index (χ2v) is 10.6. The van der Waals surface area contributed by atoms with Gasteiger partial charge in [0.1, 0.15) is 11.9 Å². The number of fused-ring (bicyclic) bond motifs is 1. The standard InChI is InChI=1S/C31H30ClFN8/c1-3-27(19-7-5-4-6-8-19)38-29-20(14-34)15-36-30-25(29)12-22(13-26(30)32)37-31(24-11-21(33)16-35-18(24)2)28-17-41(40-39-28)23-9-10-23/h4-8,11-13,15-17,23,27,31,37,39-40H,3,9-10H2,1-2H3,(H,36,38)/t27-,31?/m1/s1/i31D. The van der Waals surface area contributed by atoms with E-state index in [9.17, 15) is 11.0 Å². The van der Waals surface area contributed by atoms with Crippen LogP contribution in [0.1, 0.15) is 62.0 Å². The first-order chi connectivity index (χ1) is 20.3. The van der Waals surface area contributed by atoms with E-state index in [0.717, 1.165) is 31.0 Å². The fraction of sp³-hybridized carbons (Fsp3) is 0.258. The van der Waals surface area contributed by atoms with Crippen molar-refractivity contribution < 1.29 is 5.76 Å². The van der Waals surface area contributed by atoms with Crippen molar-refractivity contribution in [2.45, 2.75) is 51.2 Å². The number of halogens is 2. The Balaban J connectivity index is 1.47. The zero-order valence-corrected chi connectivity index (χ0v) is 23.4. The molecule has 6 rings (SSSR count). The molecule has 1 aliphatic heterocycles. The number of hydrogen-bond donors (Lipinski definition) is 4. The third kappa shape index (κ3) is 5.49. The van der Waals surface area contributed by atoms with Crippen molar-refractivity contribution in [2.24, 2.45) is 0 Å². The van der Waals surface area contributed by atoms with Crippen LogP contribution in [0, 0.1) is 24.1 Å². The lowest BCUT2D eigenvalue weighted by Crippen LogP contribution is -2.38. The molecule has 2 aromatic heterocycles. The smallest absolute Gasteiger partial charge is 0.141 e. The molecule has 1 unspecified atom stereocenters. The number of nitrogens with one attached hydrogen (secondary N) is 4. The Morgan fingerprint density at radius 2 is 2.00 bits per heavy atom. The van der Waals surface area contributed by atoms with E-state index in [-0.39, 0.29) is 6.04 Å². The minimum atomic E-state index is -1.67. The van der Waals surface area contributed by atoms with Crippen molar-refractivity contribution in [3.8, 4) is 6.07 Å². The topological polar surface area (TPSA) is 101 Å². The van der Waals surface area contributed by atoms with E-state index >= 15 is 0 Å². The van der Waals surface area contributed by atoms with E-state index in [4.69, 9.17) is 11.6 Å². The van der Waals surface area contributed by atoms with E-state index in [2.05, 4.69) is 44.6 Å². The van der Waals surface area contributed by atoms with Gasteiger partial charge in [-0.05, 0) is 49.9 Å². The normalized spacial score (nSPS) is 17.2. The molecule has 41 heavy (non-hydrogen) atoms. The van der Waals surface area contributed by atoms with Crippen LogP contribution in [0.2, 0.25) is 5.02 Å². The number of aryl methyl sites for hydroxylation is 1. The van der Waals surface area contributed by atoms with Gasteiger partial charge in [-0.3, -0.25) is 15.0 Å². The highest BCUT2D eigenvalue weighted by Crippen LogP contribution is 2.38. The van der Waals surface area contributed by atoms with Crippen molar-refractivity contribution in [1.29, 1.82) is 5.26 Å². The van der Waals surface area contributed by atoms with E-state index in [1.807, 2.05) is 47.6 Å². The summed E-state index contributed by atoms with van der Waals surface area (Å²) in [6.45, 7) is 3.82. The third-order valence-electron chi connectivity index (χ3n) is 7.36. The number of rotatable bonds is 9. The maximum absolute atomic E-state index is 14.5. The number of nitrogens with zero attached hydrogens (tertiary/aromatic N) is 4. The van der Waals surface area contributed by atoms with Gasteiger partial charge in [-0.25, -0.2) is 4.39 Å². The second-order valence-electron chi connectivity index (χ2n) is 10.2. The molecule has 4 N–H and O–H groups in total. The summed E-state index contributed by atoms with van der Waals surface area (Å²) in [6.07, 6.45) is 7.35. The molecule has 4 aromatic rings. The van der Waals surface area contributed by atoms with Crippen LogP contribution in [0.3, 0.4) is 0 Å². The van der Waals surface area contributed by atoms with Crippen molar-refractivity contribution >= 4 is 33.9 Å². The lowest BCUT2D eigenvalue weighted by atomic mass is 10.0. The zero-order chi connectivity index (χ0) is 29.4. The van der Waals surface area contributed by atoms with E-state index in [1.165, 1.54) is 12.3 Å². The predicted molar refractivity (Wildman–Crippen MR) is 159 cm³/mol. The van der Waals surface area contributed by atoms with Crippen molar-refractivity contribution in [3.05, 3.63) is 106 Å². The summed E-state index contributed by atoms with van der Waals surface area (Å²) in [7, 11) is 0. The first kappa shape index (κ1) is 25.6. The second kappa shape index (κ2) is 11.2. The minimum Gasteiger partial charge on any atom is -0.377 e. The highest BCUT2D eigenvalue weighted by Gasteiger charge is 2.33. The van der Waals surface area contributed by atoms with Gasteiger partial charge in [0.25, 0.3) is 0 Å². The molecule has 0 spiro atoms. The predicted octanol–water partition coefficient (Wildman–Crippen LogP) is 6.65. The first-order valence-corrected chi connectivity index (χ1v) is 14.0. The van der Waals surface area contributed by atoms with E-state index < -0.39 is 11.8 Å². The summed E-state index contributed by atoms with van der Waals surface area (Å²) in [5, 5.41) is 19.8. The van der Waals surface area contributed by atoms with Gasteiger partial charge < -0.3 is 16.1 Å². The van der Waals surface area contributed by atoms with Crippen LogP contribution >= 0.6 is 11.6 Å². The maximum Gasteiger partial charge on any atom is 0.141 e. The summed E-state index contributed by atoms with van der Waals surface area (Å²) < 4.78 is 24.2. The van der Waals surface area contributed by atoms with Gasteiger partial charge >= 0.3 is 0 Å². The molecule has 2 atom stereocenters. The quantitative estimate of drug-likeness (QED) is 0.178. The van der Waals surface area contributed by atoms with Crippen LogP contribution in [0.15, 0.2) is 72.8 Å². The van der Waals surface area contributed by atoms with Crippen LogP contribution in [0.4, 0.5) is 15.8 Å². The average Bonchev–Trinajstić information content (AvgIpc) is 3.72. The molecular formula is C31H30ClFN8. The van der Waals surface area contributed by atoms with E-state index in [0.29, 0.717) is 55.9 Å². The minimum absolute atomic E-state index is 0.0668. The molecule has 1 saturated carbocycles. The average molecular weight is 570 g/mol. The molecular weight excluding hydrogens is 539 g/mol. The number of aromatic nitrogens is 2. The van der Waals surface area contributed by atoms with Crippen molar-refractivity contribution in [1.82, 2.24) is 25.9 Å². The van der Waals surface area contributed by atoms with Crippen LogP contribution < -0.4 is 21.6 Å². The molecule has 2 aliphatic rings. The maximum atomic E-state index is 14.5. The number of hydrazine groups is 2. The monoisotopic (exact) mass is 569 g/mol. The van der Waals surface area contributed by atoms with Crippen LogP contribution in [-0.4, -0.2) is 21.0 Å². The van der Waals surface area contributed by atoms with Gasteiger partial charge in [-0.2, -0.15) is 5.26 Å². The van der Waals surface area contributed by atoms with Gasteiger partial charge in [-0.1, -0.05) is 48.9 Å². The van der Waals surface area contributed by atoms with Gasteiger partial charge in [0.15, 0.2) is 0 Å². The molecule has 0 radical (unpaired) electrons. The molecule has 208 valence electrons. The van der Waals surface area contributed by atoms with Gasteiger partial charge in [0, 0.05) is 40.8 Å². The Bertz CT molecular complexity index is 1720. The summed E-state index contributed by atoms with van der Waals surface area (Å²) >= 11 is 6.78. The summed E-state index contributed by atoms with van der Waals surface area (Å²) in [4.78, 5) is 8.68. The van der Waals surface area contributed by atoms with Gasteiger partial charge in [0.2, 0.25) is 0 Å². The SMILES string of the molecule is [2H]C(Nc1cc(Cl)c2ncc(C#N)c(N[C@H](CC)c3ccccc3)c2c1)(C1=CN(C2CC2)NN1)c1cc(F)cnc1C.